The van der Waals surface area contributed by atoms with Crippen LogP contribution >= 0.6 is 11.8 Å². The van der Waals surface area contributed by atoms with Crippen LogP contribution < -0.4 is 10.9 Å². The fourth-order valence-corrected chi connectivity index (χ4v) is 2.80. The summed E-state index contributed by atoms with van der Waals surface area (Å²) in [5.74, 6) is 2.10. The Morgan fingerprint density at radius 3 is 3.04 bits per heavy atom. The number of aromatic nitrogens is 6. The first-order valence-electron chi connectivity index (χ1n) is 7.45. The lowest BCUT2D eigenvalue weighted by atomic mass is 10.2. The first kappa shape index (κ1) is 16.2. The van der Waals surface area contributed by atoms with Gasteiger partial charge in [0.2, 0.25) is 5.95 Å². The molecule has 0 atom stereocenters. The van der Waals surface area contributed by atoms with Crippen LogP contribution in [0.4, 0.5) is 5.95 Å². The maximum atomic E-state index is 12.0. The fourth-order valence-electron chi connectivity index (χ4n) is 2.04. The van der Waals surface area contributed by atoms with Crippen molar-refractivity contribution in [2.75, 3.05) is 17.6 Å². The Bertz CT molecular complexity index is 804. The lowest BCUT2D eigenvalue weighted by Gasteiger charge is -2.05. The molecule has 0 aliphatic carbocycles. The van der Waals surface area contributed by atoms with Gasteiger partial charge in [-0.3, -0.25) is 9.78 Å². The molecule has 3 N–H and O–H groups in total. The zero-order valence-corrected chi connectivity index (χ0v) is 13.7. The standard InChI is InChI=1S/C15H17N7OS/c23-14-13(6-11-2-1-3-16-7-11)21-22-15(20-14)18-4-5-24-9-12-8-17-10-19-12/h1-3,7-8,10H,4-6,9H2,(H,17,19)(H2,18,20,22,23). The maximum Gasteiger partial charge on any atom is 0.296 e. The minimum absolute atomic E-state index is 0.329. The van der Waals surface area contributed by atoms with Gasteiger partial charge in [0.25, 0.3) is 5.56 Å². The molecule has 0 radical (unpaired) electrons. The van der Waals surface area contributed by atoms with Crippen LogP contribution in [-0.4, -0.2) is 42.4 Å². The predicted molar refractivity (Wildman–Crippen MR) is 92.9 cm³/mol. The molecule has 3 aromatic heterocycles. The average Bonchev–Trinajstić information content (AvgIpc) is 3.11. The largest absolute Gasteiger partial charge is 0.354 e. The SMILES string of the molecule is O=c1nc(NCCSCc2c[nH]cn2)[nH]nc1Cc1cccnc1. The van der Waals surface area contributed by atoms with Crippen molar-refractivity contribution < 1.29 is 0 Å². The Balaban J connectivity index is 1.47. The number of rotatable bonds is 8. The van der Waals surface area contributed by atoms with E-state index >= 15 is 0 Å². The third-order valence-corrected chi connectivity index (χ3v) is 4.19. The number of thioether (sulfide) groups is 1. The van der Waals surface area contributed by atoms with Crippen molar-refractivity contribution in [3.63, 3.8) is 0 Å². The highest BCUT2D eigenvalue weighted by Gasteiger charge is 2.06. The summed E-state index contributed by atoms with van der Waals surface area (Å²) in [6, 6.07) is 3.73. The second kappa shape index (κ2) is 8.25. The van der Waals surface area contributed by atoms with Gasteiger partial charge < -0.3 is 10.3 Å². The highest BCUT2D eigenvalue weighted by molar-refractivity contribution is 7.98. The van der Waals surface area contributed by atoms with E-state index in [2.05, 4.69) is 35.5 Å². The van der Waals surface area contributed by atoms with Gasteiger partial charge in [-0.1, -0.05) is 6.07 Å². The molecule has 0 aromatic carbocycles. The Kier molecular flexibility index (Phi) is 5.56. The third-order valence-electron chi connectivity index (χ3n) is 3.19. The van der Waals surface area contributed by atoms with Crippen molar-refractivity contribution in [1.82, 2.24) is 30.1 Å². The summed E-state index contributed by atoms with van der Waals surface area (Å²) < 4.78 is 0. The molecule has 0 unspecified atom stereocenters. The van der Waals surface area contributed by atoms with Gasteiger partial charge >= 0.3 is 0 Å². The van der Waals surface area contributed by atoms with Crippen LogP contribution in [0.1, 0.15) is 17.0 Å². The summed E-state index contributed by atoms with van der Waals surface area (Å²) in [6.45, 7) is 0.682. The van der Waals surface area contributed by atoms with E-state index in [0.29, 0.717) is 24.6 Å². The minimum Gasteiger partial charge on any atom is -0.354 e. The molecule has 3 rings (SSSR count). The third kappa shape index (κ3) is 4.66. The number of aromatic amines is 2. The van der Waals surface area contributed by atoms with Gasteiger partial charge in [-0.25, -0.2) is 10.1 Å². The Morgan fingerprint density at radius 1 is 1.33 bits per heavy atom. The van der Waals surface area contributed by atoms with Crippen molar-refractivity contribution in [2.45, 2.75) is 12.2 Å². The Morgan fingerprint density at radius 2 is 2.29 bits per heavy atom. The maximum absolute atomic E-state index is 12.0. The summed E-state index contributed by atoms with van der Waals surface area (Å²) >= 11 is 1.75. The molecule has 9 heteroatoms. The van der Waals surface area contributed by atoms with E-state index < -0.39 is 0 Å². The van der Waals surface area contributed by atoms with Gasteiger partial charge in [0.05, 0.1) is 12.0 Å². The number of imidazole rings is 1. The van der Waals surface area contributed by atoms with Crippen molar-refractivity contribution in [1.29, 1.82) is 0 Å². The molecule has 0 fully saturated rings. The summed E-state index contributed by atoms with van der Waals surface area (Å²) in [4.78, 5) is 27.1. The molecular weight excluding hydrogens is 326 g/mol. The van der Waals surface area contributed by atoms with Gasteiger partial charge in [-0.2, -0.15) is 21.8 Å². The van der Waals surface area contributed by atoms with Crippen LogP contribution in [0.15, 0.2) is 41.8 Å². The number of nitrogens with zero attached hydrogens (tertiary/aromatic N) is 4. The van der Waals surface area contributed by atoms with E-state index in [0.717, 1.165) is 22.8 Å². The molecule has 0 aliphatic heterocycles. The number of hydrogen-bond donors (Lipinski definition) is 3. The lowest BCUT2D eigenvalue weighted by Crippen LogP contribution is -2.20. The molecule has 0 saturated heterocycles. The number of nitrogens with one attached hydrogen (secondary N) is 3. The molecule has 3 heterocycles. The molecule has 124 valence electrons. The zero-order chi connectivity index (χ0) is 16.6. The monoisotopic (exact) mass is 343 g/mol. The van der Waals surface area contributed by atoms with Gasteiger partial charge in [0.1, 0.15) is 5.69 Å². The number of H-pyrrole nitrogens is 2. The molecule has 8 nitrogen and oxygen atoms in total. The Labute approximate surface area is 142 Å². The van der Waals surface area contributed by atoms with Gasteiger partial charge in [-0.05, 0) is 11.6 Å². The van der Waals surface area contributed by atoms with E-state index in [1.165, 1.54) is 0 Å². The van der Waals surface area contributed by atoms with Crippen LogP contribution in [0, 0.1) is 0 Å². The summed E-state index contributed by atoms with van der Waals surface area (Å²) in [6.07, 6.45) is 7.36. The predicted octanol–water partition coefficient (Wildman–Crippen LogP) is 1.22. The number of pyridine rings is 1. The molecule has 3 aromatic rings. The number of anilines is 1. The topological polar surface area (TPSA) is 112 Å². The van der Waals surface area contributed by atoms with Crippen LogP contribution in [0.25, 0.3) is 0 Å². The van der Waals surface area contributed by atoms with Crippen molar-refractivity contribution in [3.05, 3.63) is 64.4 Å². The van der Waals surface area contributed by atoms with Crippen molar-refractivity contribution >= 4 is 17.7 Å². The quantitative estimate of drug-likeness (QED) is 0.527. The highest BCUT2D eigenvalue weighted by atomic mass is 32.2. The summed E-state index contributed by atoms with van der Waals surface area (Å²) in [7, 11) is 0. The number of hydrogen-bond acceptors (Lipinski definition) is 7. The molecule has 0 aliphatic rings. The van der Waals surface area contributed by atoms with E-state index in [1.807, 2.05) is 18.3 Å². The second-order valence-electron chi connectivity index (χ2n) is 5.01. The lowest BCUT2D eigenvalue weighted by molar-refractivity contribution is 0.862. The summed E-state index contributed by atoms with van der Waals surface area (Å²) in [5, 5.41) is 9.95. The van der Waals surface area contributed by atoms with Crippen LogP contribution in [0.5, 0.6) is 0 Å². The molecular formula is C15H17N7OS. The van der Waals surface area contributed by atoms with E-state index in [4.69, 9.17) is 0 Å². The van der Waals surface area contributed by atoms with Crippen LogP contribution in [0.2, 0.25) is 0 Å². The van der Waals surface area contributed by atoms with E-state index in [9.17, 15) is 4.79 Å². The van der Waals surface area contributed by atoms with Gasteiger partial charge in [0.15, 0.2) is 0 Å². The second-order valence-corrected chi connectivity index (χ2v) is 6.12. The molecule has 0 saturated carbocycles. The van der Waals surface area contributed by atoms with Crippen LogP contribution in [-0.2, 0) is 12.2 Å². The smallest absolute Gasteiger partial charge is 0.296 e. The minimum atomic E-state index is -0.329. The first-order valence-corrected chi connectivity index (χ1v) is 8.60. The van der Waals surface area contributed by atoms with Gasteiger partial charge in [-0.15, -0.1) is 0 Å². The molecule has 0 spiro atoms. The first-order chi connectivity index (χ1) is 11.8. The fraction of sp³-hybridized carbons (Fsp3) is 0.267. The Hall–Kier alpha value is -2.68. The van der Waals surface area contributed by atoms with Crippen molar-refractivity contribution in [3.8, 4) is 0 Å². The molecule has 0 amide bonds. The normalized spacial score (nSPS) is 10.7. The van der Waals surface area contributed by atoms with Crippen molar-refractivity contribution in [2.24, 2.45) is 0 Å². The van der Waals surface area contributed by atoms with Crippen LogP contribution in [0.3, 0.4) is 0 Å². The van der Waals surface area contributed by atoms with E-state index in [1.54, 1.807) is 30.5 Å². The molecule has 24 heavy (non-hydrogen) atoms. The average molecular weight is 343 g/mol. The summed E-state index contributed by atoms with van der Waals surface area (Å²) in [5.41, 5.74) is 1.99. The molecule has 0 bridgehead atoms. The highest BCUT2D eigenvalue weighted by Crippen LogP contribution is 2.08. The van der Waals surface area contributed by atoms with Gasteiger partial charge in [0, 0.05) is 43.1 Å². The van der Waals surface area contributed by atoms with E-state index in [-0.39, 0.29) is 5.56 Å². The zero-order valence-electron chi connectivity index (χ0n) is 12.9.